The predicted octanol–water partition coefficient (Wildman–Crippen LogP) is 6.31. The maximum Gasteiger partial charge on any atom is 0.339 e. The molecule has 162 valence electrons. The van der Waals surface area contributed by atoms with Crippen LogP contribution in [0.15, 0.2) is 58.9 Å². The van der Waals surface area contributed by atoms with Crippen LogP contribution in [0.1, 0.15) is 58.8 Å². The Kier molecular flexibility index (Phi) is 7.03. The second kappa shape index (κ2) is 8.81. The second-order valence-corrected chi connectivity index (χ2v) is 9.56. The summed E-state index contributed by atoms with van der Waals surface area (Å²) in [6.45, 7) is 13.4. The summed E-state index contributed by atoms with van der Waals surface area (Å²) in [6, 6.07) is 6.78. The van der Waals surface area contributed by atoms with Crippen LogP contribution in [0.4, 0.5) is 0 Å². The first kappa shape index (κ1) is 23.9. The maximum absolute atomic E-state index is 12.9. The number of ketones is 1. The summed E-state index contributed by atoms with van der Waals surface area (Å²) in [5, 5.41) is 0.583. The van der Waals surface area contributed by atoms with Gasteiger partial charge in [0, 0.05) is 22.1 Å². The highest BCUT2D eigenvalue weighted by Gasteiger charge is 2.42. The van der Waals surface area contributed by atoms with E-state index in [0.717, 1.165) is 11.1 Å². The molecule has 0 fully saturated rings. The second-order valence-electron chi connectivity index (χ2n) is 9.12. The number of methoxy groups -OCH3 is 1. The number of hydrogen-bond acceptors (Lipinski definition) is 4. The van der Waals surface area contributed by atoms with E-state index in [-0.39, 0.29) is 17.7 Å². The third kappa shape index (κ3) is 5.04. The van der Waals surface area contributed by atoms with Gasteiger partial charge in [0.05, 0.1) is 12.7 Å². The largest absolute Gasteiger partial charge is 0.500 e. The Morgan fingerprint density at radius 1 is 1.10 bits per heavy atom. The number of ether oxygens (including phenoxy) is 2. The summed E-state index contributed by atoms with van der Waals surface area (Å²) < 4.78 is 11.4. The fraction of sp³-hybridized carbons (Fsp3) is 0.440. The van der Waals surface area contributed by atoms with Crippen molar-refractivity contribution in [3.63, 3.8) is 0 Å². The Morgan fingerprint density at radius 2 is 1.67 bits per heavy atom. The zero-order valence-corrected chi connectivity index (χ0v) is 19.8. The lowest BCUT2D eigenvalue weighted by Gasteiger charge is -2.40. The van der Waals surface area contributed by atoms with Crippen LogP contribution in [0.2, 0.25) is 5.02 Å². The molecule has 1 unspecified atom stereocenters. The molecule has 0 aliphatic heterocycles. The molecule has 5 heteroatoms. The van der Waals surface area contributed by atoms with E-state index in [4.69, 9.17) is 21.1 Å². The van der Waals surface area contributed by atoms with Gasteiger partial charge in [0.25, 0.3) is 0 Å². The fourth-order valence-electron chi connectivity index (χ4n) is 3.66. The van der Waals surface area contributed by atoms with Gasteiger partial charge in [-0.15, -0.1) is 0 Å². The standard InChI is InChI=1S/C25H31ClO4/c1-15-21(23(28)30-24(3,4)5)16(2)25(6,7)19(22(15)29-8)13-14-20(27)17-9-11-18(26)12-10-17/h9-14,19H,1-8H3. The third-order valence-corrected chi connectivity index (χ3v) is 5.79. The van der Waals surface area contributed by atoms with Gasteiger partial charge >= 0.3 is 5.97 Å². The van der Waals surface area contributed by atoms with Crippen molar-refractivity contribution in [2.45, 2.75) is 54.1 Å². The Bertz CT molecular complexity index is 925. The van der Waals surface area contributed by atoms with Crippen molar-refractivity contribution in [3.8, 4) is 0 Å². The highest BCUT2D eigenvalue weighted by molar-refractivity contribution is 6.30. The van der Waals surface area contributed by atoms with E-state index in [1.165, 1.54) is 0 Å². The van der Waals surface area contributed by atoms with Crippen molar-refractivity contribution >= 4 is 23.4 Å². The normalized spacial score (nSPS) is 19.3. The summed E-state index contributed by atoms with van der Waals surface area (Å²) >= 11 is 5.91. The monoisotopic (exact) mass is 430 g/mol. The maximum atomic E-state index is 12.9. The van der Waals surface area contributed by atoms with Crippen LogP contribution in [0.3, 0.4) is 0 Å². The minimum Gasteiger partial charge on any atom is -0.500 e. The Balaban J connectivity index is 2.44. The topological polar surface area (TPSA) is 52.6 Å². The first-order valence-electron chi connectivity index (χ1n) is 9.97. The average Bonchev–Trinajstić information content (AvgIpc) is 2.62. The molecule has 0 N–H and O–H groups in total. The first-order valence-corrected chi connectivity index (χ1v) is 10.3. The third-order valence-electron chi connectivity index (χ3n) is 5.54. The van der Waals surface area contributed by atoms with Crippen LogP contribution < -0.4 is 0 Å². The van der Waals surface area contributed by atoms with E-state index in [1.54, 1.807) is 37.5 Å². The molecular formula is C25H31ClO4. The summed E-state index contributed by atoms with van der Waals surface area (Å²) in [5.41, 5.74) is 1.70. The quantitative estimate of drug-likeness (QED) is 0.312. The van der Waals surface area contributed by atoms with Crippen molar-refractivity contribution in [2.75, 3.05) is 7.11 Å². The van der Waals surface area contributed by atoms with Gasteiger partial charge in [-0.1, -0.05) is 37.1 Å². The van der Waals surface area contributed by atoms with Crippen LogP contribution >= 0.6 is 11.6 Å². The predicted molar refractivity (Wildman–Crippen MR) is 120 cm³/mol. The van der Waals surface area contributed by atoms with Gasteiger partial charge in [0.1, 0.15) is 11.4 Å². The van der Waals surface area contributed by atoms with Crippen LogP contribution in [0, 0.1) is 11.3 Å². The number of hydrogen-bond donors (Lipinski definition) is 0. The molecule has 0 saturated carbocycles. The van der Waals surface area contributed by atoms with E-state index in [0.29, 0.717) is 21.9 Å². The summed E-state index contributed by atoms with van der Waals surface area (Å²) in [5.74, 6) is -0.0218. The zero-order valence-electron chi connectivity index (χ0n) is 19.1. The molecule has 0 amide bonds. The lowest BCUT2D eigenvalue weighted by atomic mass is 9.66. The average molecular weight is 431 g/mol. The van der Waals surface area contributed by atoms with Crippen molar-refractivity contribution < 1.29 is 19.1 Å². The highest BCUT2D eigenvalue weighted by Crippen LogP contribution is 2.48. The Hall–Kier alpha value is -2.33. The minimum atomic E-state index is -0.593. The Morgan fingerprint density at radius 3 is 2.17 bits per heavy atom. The molecule has 4 nitrogen and oxygen atoms in total. The highest BCUT2D eigenvalue weighted by atomic mass is 35.5. The number of esters is 1. The van der Waals surface area contributed by atoms with E-state index in [2.05, 4.69) is 0 Å². The number of rotatable bonds is 5. The number of benzene rings is 1. The van der Waals surface area contributed by atoms with Crippen molar-refractivity contribution in [1.82, 2.24) is 0 Å². The van der Waals surface area contributed by atoms with Crippen molar-refractivity contribution in [2.24, 2.45) is 11.3 Å². The van der Waals surface area contributed by atoms with Crippen molar-refractivity contribution in [3.05, 3.63) is 69.5 Å². The summed E-state index contributed by atoms with van der Waals surface area (Å²) in [6.07, 6.45) is 3.42. The Labute approximate surface area is 184 Å². The number of allylic oxidation sites excluding steroid dienone is 3. The smallest absolute Gasteiger partial charge is 0.339 e. The summed E-state index contributed by atoms with van der Waals surface area (Å²) in [4.78, 5) is 25.5. The van der Waals surface area contributed by atoms with Crippen LogP contribution in [0.25, 0.3) is 0 Å². The molecule has 0 saturated heterocycles. The molecule has 1 atom stereocenters. The number of carbonyl (C=O) groups is 2. The molecule has 2 rings (SSSR count). The van der Waals surface area contributed by atoms with Gasteiger partial charge in [0.2, 0.25) is 0 Å². The molecule has 0 bridgehead atoms. The molecule has 1 aromatic rings. The molecule has 1 aliphatic carbocycles. The van der Waals surface area contributed by atoms with E-state index >= 15 is 0 Å². The number of halogens is 1. The summed E-state index contributed by atoms with van der Waals surface area (Å²) in [7, 11) is 1.59. The van der Waals surface area contributed by atoms with E-state index < -0.39 is 11.0 Å². The lowest BCUT2D eigenvalue weighted by molar-refractivity contribution is -0.149. The zero-order chi connectivity index (χ0) is 22.9. The molecule has 0 spiro atoms. The van der Waals surface area contributed by atoms with Gasteiger partial charge in [-0.05, 0) is 70.4 Å². The molecule has 0 radical (unpaired) electrons. The van der Waals surface area contributed by atoms with Gasteiger partial charge in [0.15, 0.2) is 5.78 Å². The SMILES string of the molecule is COC1=C(C)C(C(=O)OC(C)(C)C)=C(C)C(C)(C)C1C=CC(=O)c1ccc(Cl)cc1. The molecule has 0 aromatic heterocycles. The van der Waals surface area contributed by atoms with Crippen LogP contribution in [0.5, 0.6) is 0 Å². The van der Waals surface area contributed by atoms with Gasteiger partial charge in [-0.3, -0.25) is 4.79 Å². The van der Waals surface area contributed by atoms with Gasteiger partial charge in [-0.25, -0.2) is 4.79 Å². The van der Waals surface area contributed by atoms with Gasteiger partial charge in [-0.2, -0.15) is 0 Å². The molecular weight excluding hydrogens is 400 g/mol. The van der Waals surface area contributed by atoms with Crippen molar-refractivity contribution in [1.29, 1.82) is 0 Å². The molecule has 1 aliphatic rings. The van der Waals surface area contributed by atoms with E-state index in [1.807, 2.05) is 54.5 Å². The number of carbonyl (C=O) groups excluding carboxylic acids is 2. The molecule has 0 heterocycles. The van der Waals surface area contributed by atoms with E-state index in [9.17, 15) is 9.59 Å². The fourth-order valence-corrected chi connectivity index (χ4v) is 3.78. The van der Waals surface area contributed by atoms with Gasteiger partial charge < -0.3 is 9.47 Å². The van der Waals surface area contributed by atoms with Crippen LogP contribution in [-0.2, 0) is 14.3 Å². The van der Waals surface area contributed by atoms with Crippen LogP contribution in [-0.4, -0.2) is 24.5 Å². The molecule has 1 aromatic carbocycles. The minimum absolute atomic E-state index is 0.116. The first-order chi connectivity index (χ1) is 13.8. The lowest BCUT2D eigenvalue weighted by Crippen LogP contribution is -2.35. The molecule has 30 heavy (non-hydrogen) atoms.